The van der Waals surface area contributed by atoms with Gasteiger partial charge in [0.1, 0.15) is 18.3 Å². The summed E-state index contributed by atoms with van der Waals surface area (Å²) in [4.78, 5) is 30.2. The topological polar surface area (TPSA) is 96.0 Å². The molecule has 0 heterocycles. The maximum atomic E-state index is 14.7. The number of sulfonamides is 1. The van der Waals surface area contributed by atoms with Gasteiger partial charge in [-0.15, -0.1) is 0 Å². The van der Waals surface area contributed by atoms with E-state index >= 15 is 0 Å². The highest BCUT2D eigenvalue weighted by Gasteiger charge is 2.35. The first-order valence-corrected chi connectivity index (χ1v) is 17.3. The van der Waals surface area contributed by atoms with Crippen LogP contribution in [0.2, 0.25) is 0 Å². The van der Waals surface area contributed by atoms with Crippen molar-refractivity contribution in [2.75, 3.05) is 18.0 Å². The van der Waals surface area contributed by atoms with Crippen molar-refractivity contribution >= 4 is 27.5 Å². The van der Waals surface area contributed by atoms with Gasteiger partial charge in [0.15, 0.2) is 0 Å². The number of ether oxygens (including phenoxy) is 1. The Kier molecular flexibility index (Phi) is 11.8. The average molecular weight is 656 g/mol. The number of carbonyl (C=O) groups excluding carboxylic acids is 2. The van der Waals surface area contributed by atoms with E-state index in [1.807, 2.05) is 95.3 Å². The molecule has 0 saturated heterocycles. The van der Waals surface area contributed by atoms with Crippen LogP contribution in [0.5, 0.6) is 5.75 Å². The van der Waals surface area contributed by atoms with Crippen molar-refractivity contribution in [1.29, 1.82) is 0 Å². The fourth-order valence-electron chi connectivity index (χ4n) is 5.21. The van der Waals surface area contributed by atoms with Gasteiger partial charge in [0.2, 0.25) is 11.8 Å². The van der Waals surface area contributed by atoms with E-state index in [9.17, 15) is 18.0 Å². The maximum Gasteiger partial charge on any atom is 0.264 e. The number of nitrogens with one attached hydrogen (secondary N) is 1. The zero-order chi connectivity index (χ0) is 34.1. The Morgan fingerprint density at radius 2 is 1.51 bits per heavy atom. The van der Waals surface area contributed by atoms with Crippen molar-refractivity contribution in [2.45, 2.75) is 71.0 Å². The van der Waals surface area contributed by atoms with E-state index in [0.29, 0.717) is 17.9 Å². The molecule has 47 heavy (non-hydrogen) atoms. The van der Waals surface area contributed by atoms with Crippen molar-refractivity contribution in [1.82, 2.24) is 10.2 Å². The predicted molar refractivity (Wildman–Crippen MR) is 187 cm³/mol. The molecule has 8 nitrogen and oxygen atoms in total. The number of benzene rings is 4. The number of anilines is 1. The highest BCUT2D eigenvalue weighted by molar-refractivity contribution is 7.92. The van der Waals surface area contributed by atoms with E-state index in [-0.39, 0.29) is 29.8 Å². The first-order valence-electron chi connectivity index (χ1n) is 15.9. The second-order valence-electron chi connectivity index (χ2n) is 12.0. The van der Waals surface area contributed by atoms with Gasteiger partial charge in [0.05, 0.1) is 17.7 Å². The van der Waals surface area contributed by atoms with Crippen LogP contribution in [-0.2, 0) is 32.6 Å². The van der Waals surface area contributed by atoms with Crippen LogP contribution in [0.3, 0.4) is 0 Å². The third-order valence-corrected chi connectivity index (χ3v) is 10.2. The van der Waals surface area contributed by atoms with Crippen LogP contribution in [0.25, 0.3) is 0 Å². The minimum absolute atomic E-state index is 0.0623. The summed E-state index contributed by atoms with van der Waals surface area (Å²) >= 11 is 0. The zero-order valence-corrected chi connectivity index (χ0v) is 28.9. The smallest absolute Gasteiger partial charge is 0.264 e. The Bertz CT molecular complexity index is 1780. The molecule has 248 valence electrons. The minimum atomic E-state index is -4.18. The monoisotopic (exact) mass is 655 g/mol. The molecule has 0 fully saturated rings. The molecule has 4 aromatic carbocycles. The van der Waals surface area contributed by atoms with Gasteiger partial charge in [-0.25, -0.2) is 8.42 Å². The molecular weight excluding hydrogens is 611 g/mol. The summed E-state index contributed by atoms with van der Waals surface area (Å²) in [6.07, 6.45) is 0.955. The Hall–Kier alpha value is -4.63. The molecule has 0 bridgehead atoms. The van der Waals surface area contributed by atoms with E-state index in [2.05, 4.69) is 5.32 Å². The largest absolute Gasteiger partial charge is 0.497 e. The average Bonchev–Trinajstić information content (AvgIpc) is 3.07. The van der Waals surface area contributed by atoms with E-state index in [1.165, 1.54) is 4.90 Å². The van der Waals surface area contributed by atoms with E-state index in [4.69, 9.17) is 4.74 Å². The number of amides is 2. The Balaban J connectivity index is 1.83. The summed E-state index contributed by atoms with van der Waals surface area (Å²) in [6.45, 7) is 9.19. The number of rotatable bonds is 14. The van der Waals surface area contributed by atoms with Crippen molar-refractivity contribution in [3.05, 3.63) is 125 Å². The van der Waals surface area contributed by atoms with Crippen LogP contribution in [-0.4, -0.2) is 50.9 Å². The molecule has 0 unspecified atom stereocenters. The Labute approximate surface area is 279 Å². The summed E-state index contributed by atoms with van der Waals surface area (Å²) in [5, 5.41) is 3.06. The molecule has 0 spiro atoms. The SMILES string of the molecule is CC[C@H](C)NC(=O)[C@H](Cc1ccccc1)N(Cc1cccc(OC)c1)C(=O)CN(c1ccc(C)c(C)c1)S(=O)(=O)c1ccc(C)cc1. The number of hydrogen-bond donors (Lipinski definition) is 1. The lowest BCUT2D eigenvalue weighted by molar-refractivity contribution is -0.140. The van der Waals surface area contributed by atoms with Crippen LogP contribution < -0.4 is 14.4 Å². The molecule has 2 amide bonds. The normalized spacial score (nSPS) is 12.6. The molecule has 9 heteroatoms. The number of aryl methyl sites for hydroxylation is 3. The van der Waals surface area contributed by atoms with Gasteiger partial charge in [-0.05, 0) is 92.8 Å². The molecule has 0 radical (unpaired) electrons. The van der Waals surface area contributed by atoms with Gasteiger partial charge >= 0.3 is 0 Å². The summed E-state index contributed by atoms with van der Waals surface area (Å²) in [6, 6.07) is 27.7. The number of methoxy groups -OCH3 is 1. The van der Waals surface area contributed by atoms with E-state index < -0.39 is 28.5 Å². The van der Waals surface area contributed by atoms with E-state index in [1.54, 1.807) is 43.5 Å². The summed E-state index contributed by atoms with van der Waals surface area (Å²) in [7, 11) is -2.61. The van der Waals surface area contributed by atoms with Crippen molar-refractivity contribution < 1.29 is 22.7 Å². The van der Waals surface area contributed by atoms with Crippen LogP contribution in [0.15, 0.2) is 102 Å². The number of hydrogen-bond acceptors (Lipinski definition) is 5. The lowest BCUT2D eigenvalue weighted by atomic mass is 10.0. The molecule has 0 aliphatic rings. The molecule has 0 aliphatic heterocycles. The standard InChI is InChI=1S/C38H45N3O5S/c1-7-30(5)39-38(43)36(24-31-12-9-8-10-13-31)40(25-32-14-11-15-34(23-32)46-6)37(42)26-41(33-19-18-28(3)29(4)22-33)47(44,45)35-20-16-27(2)17-21-35/h8-23,30,36H,7,24-26H2,1-6H3,(H,39,43)/t30-,36-/m0/s1. The molecule has 0 saturated carbocycles. The van der Waals surface area contributed by atoms with Gasteiger partial charge in [-0.1, -0.05) is 73.2 Å². The molecule has 0 aliphatic carbocycles. The van der Waals surface area contributed by atoms with Gasteiger partial charge in [0.25, 0.3) is 10.0 Å². The lowest BCUT2D eigenvalue weighted by Gasteiger charge is -2.34. The molecule has 1 N–H and O–H groups in total. The van der Waals surface area contributed by atoms with Crippen LogP contribution >= 0.6 is 0 Å². The predicted octanol–water partition coefficient (Wildman–Crippen LogP) is 6.37. The molecular formula is C38H45N3O5S. The number of carbonyl (C=O) groups is 2. The first kappa shape index (κ1) is 35.2. The second kappa shape index (κ2) is 15.8. The molecule has 4 aromatic rings. The van der Waals surface area contributed by atoms with Crippen molar-refractivity contribution in [3.8, 4) is 5.75 Å². The van der Waals surface area contributed by atoms with Gasteiger partial charge in [-0.2, -0.15) is 0 Å². The summed E-state index contributed by atoms with van der Waals surface area (Å²) in [5.74, 6) is -0.210. The lowest BCUT2D eigenvalue weighted by Crippen LogP contribution is -2.54. The summed E-state index contributed by atoms with van der Waals surface area (Å²) in [5.41, 5.74) is 4.79. The highest BCUT2D eigenvalue weighted by atomic mass is 32.2. The summed E-state index contributed by atoms with van der Waals surface area (Å²) < 4.78 is 35.2. The highest BCUT2D eigenvalue weighted by Crippen LogP contribution is 2.27. The quantitative estimate of drug-likeness (QED) is 0.170. The second-order valence-corrected chi connectivity index (χ2v) is 13.9. The van der Waals surface area contributed by atoms with E-state index in [0.717, 1.165) is 32.1 Å². The maximum absolute atomic E-state index is 14.7. The van der Waals surface area contributed by atoms with Gasteiger partial charge < -0.3 is 15.0 Å². The fourth-order valence-corrected chi connectivity index (χ4v) is 6.62. The van der Waals surface area contributed by atoms with Crippen molar-refractivity contribution in [2.24, 2.45) is 0 Å². The van der Waals surface area contributed by atoms with Crippen molar-refractivity contribution in [3.63, 3.8) is 0 Å². The van der Waals surface area contributed by atoms with Crippen LogP contribution in [0.1, 0.15) is 48.1 Å². The zero-order valence-electron chi connectivity index (χ0n) is 28.1. The third-order valence-electron chi connectivity index (χ3n) is 8.43. The van der Waals surface area contributed by atoms with Gasteiger partial charge in [-0.3, -0.25) is 13.9 Å². The van der Waals surface area contributed by atoms with Gasteiger partial charge in [0, 0.05) is 19.0 Å². The third kappa shape index (κ3) is 9.01. The molecule has 4 rings (SSSR count). The van der Waals surface area contributed by atoms with Crippen LogP contribution in [0, 0.1) is 20.8 Å². The Morgan fingerprint density at radius 1 is 0.830 bits per heavy atom. The molecule has 0 aromatic heterocycles. The first-order chi connectivity index (χ1) is 22.4. The fraction of sp³-hybridized carbons (Fsp3) is 0.316. The number of nitrogens with zero attached hydrogens (tertiary/aromatic N) is 2. The van der Waals surface area contributed by atoms with Crippen LogP contribution in [0.4, 0.5) is 5.69 Å². The molecule has 2 atom stereocenters. The minimum Gasteiger partial charge on any atom is -0.497 e. The Morgan fingerprint density at radius 3 is 2.15 bits per heavy atom.